The van der Waals surface area contributed by atoms with Crippen LogP contribution in [-0.2, 0) is 4.74 Å². The van der Waals surface area contributed by atoms with E-state index >= 15 is 0 Å². The fraction of sp³-hybridized carbons (Fsp3) is 0.316. The smallest absolute Gasteiger partial charge is 0.410 e. The molecular weight excluding hydrogens is 306 g/mol. The summed E-state index contributed by atoms with van der Waals surface area (Å²) in [5.74, 6) is 1.28. The number of hydrogen-bond donors (Lipinski definition) is 0. The van der Waals surface area contributed by atoms with Crippen LogP contribution in [0.4, 0.5) is 4.79 Å². The van der Waals surface area contributed by atoms with Crippen LogP contribution in [0.3, 0.4) is 0 Å². The highest BCUT2D eigenvalue weighted by Gasteiger charge is 2.40. The summed E-state index contributed by atoms with van der Waals surface area (Å²) in [6.45, 7) is 1.88. The van der Waals surface area contributed by atoms with Crippen LogP contribution in [0.2, 0.25) is 0 Å². The van der Waals surface area contributed by atoms with E-state index in [1.807, 2.05) is 49.4 Å². The van der Waals surface area contributed by atoms with Crippen LogP contribution in [0.25, 0.3) is 11.1 Å². The number of ether oxygens (including phenoxy) is 3. The number of carbonyl (C=O) groups is 1. The number of nitrogens with zero attached hydrogens (tertiary/aromatic N) is 1. The highest BCUT2D eigenvalue weighted by Crippen LogP contribution is 2.46. The number of rotatable bonds is 4. The summed E-state index contributed by atoms with van der Waals surface area (Å²) in [5, 5.41) is 0. The summed E-state index contributed by atoms with van der Waals surface area (Å²) in [6.07, 6.45) is -0.593. The van der Waals surface area contributed by atoms with Crippen molar-refractivity contribution < 1.29 is 19.0 Å². The molecule has 2 atom stereocenters. The third-order valence-corrected chi connectivity index (χ3v) is 4.39. The second kappa shape index (κ2) is 6.43. The number of cyclic esters (lactones) is 1. The maximum absolute atomic E-state index is 11.8. The van der Waals surface area contributed by atoms with Gasteiger partial charge in [0.1, 0.15) is 12.1 Å². The van der Waals surface area contributed by atoms with Crippen molar-refractivity contribution in [1.29, 1.82) is 0 Å². The van der Waals surface area contributed by atoms with Crippen LogP contribution in [0.5, 0.6) is 11.5 Å². The zero-order chi connectivity index (χ0) is 17.3. The van der Waals surface area contributed by atoms with Gasteiger partial charge in [-0.05, 0) is 12.5 Å². The molecule has 0 spiro atoms. The van der Waals surface area contributed by atoms with Gasteiger partial charge in [-0.25, -0.2) is 4.79 Å². The number of carbonyl (C=O) groups excluding carboxylic acids is 1. The Morgan fingerprint density at radius 2 is 1.67 bits per heavy atom. The summed E-state index contributed by atoms with van der Waals surface area (Å²) in [5.41, 5.74) is 2.86. The second-order valence-corrected chi connectivity index (χ2v) is 5.78. The van der Waals surface area contributed by atoms with Crippen LogP contribution in [0, 0.1) is 0 Å². The van der Waals surface area contributed by atoms with E-state index in [0.717, 1.165) is 16.7 Å². The van der Waals surface area contributed by atoms with Gasteiger partial charge in [0.05, 0.1) is 14.2 Å². The molecule has 1 fully saturated rings. The Labute approximate surface area is 141 Å². The van der Waals surface area contributed by atoms with Gasteiger partial charge in [0, 0.05) is 18.2 Å². The Morgan fingerprint density at radius 3 is 2.21 bits per heavy atom. The first-order valence-electron chi connectivity index (χ1n) is 7.82. The van der Waals surface area contributed by atoms with E-state index in [-0.39, 0.29) is 18.2 Å². The highest BCUT2D eigenvalue weighted by atomic mass is 16.6. The first-order valence-corrected chi connectivity index (χ1v) is 7.82. The molecule has 24 heavy (non-hydrogen) atoms. The van der Waals surface area contributed by atoms with Crippen LogP contribution in [0.15, 0.2) is 42.5 Å². The monoisotopic (exact) mass is 327 g/mol. The summed E-state index contributed by atoms with van der Waals surface area (Å²) in [6, 6.07) is 13.7. The third-order valence-electron chi connectivity index (χ3n) is 4.39. The molecule has 5 heteroatoms. The fourth-order valence-electron chi connectivity index (χ4n) is 3.27. The van der Waals surface area contributed by atoms with Crippen LogP contribution in [-0.4, -0.2) is 38.4 Å². The van der Waals surface area contributed by atoms with Gasteiger partial charge in [0.15, 0.2) is 11.5 Å². The molecule has 1 saturated heterocycles. The number of methoxy groups -OCH3 is 2. The molecule has 2 aromatic carbocycles. The zero-order valence-corrected chi connectivity index (χ0v) is 14.3. The van der Waals surface area contributed by atoms with E-state index in [4.69, 9.17) is 14.2 Å². The van der Waals surface area contributed by atoms with Crippen molar-refractivity contribution in [2.75, 3.05) is 21.3 Å². The van der Waals surface area contributed by atoms with Gasteiger partial charge in [0.25, 0.3) is 0 Å². The lowest BCUT2D eigenvalue weighted by atomic mass is 9.95. The van der Waals surface area contributed by atoms with Crippen molar-refractivity contribution in [2.24, 2.45) is 0 Å². The first-order chi connectivity index (χ1) is 11.6. The van der Waals surface area contributed by atoms with Crippen molar-refractivity contribution in [3.63, 3.8) is 0 Å². The maximum Gasteiger partial charge on any atom is 0.410 e. The Bertz CT molecular complexity index is 745. The SMILES string of the molecule is COc1c(-c2ccccc2)ccc(C2C(C)OC(=O)N2C)c1OC. The molecule has 126 valence electrons. The summed E-state index contributed by atoms with van der Waals surface area (Å²) in [4.78, 5) is 13.4. The maximum atomic E-state index is 11.8. The molecule has 0 aliphatic carbocycles. The van der Waals surface area contributed by atoms with Gasteiger partial charge in [-0.2, -0.15) is 0 Å². The molecule has 1 aliphatic heterocycles. The molecule has 1 heterocycles. The number of hydrogen-bond acceptors (Lipinski definition) is 4. The molecular formula is C19H21NO4. The molecule has 0 radical (unpaired) electrons. The van der Waals surface area contributed by atoms with Crippen molar-refractivity contribution >= 4 is 6.09 Å². The molecule has 1 aliphatic rings. The second-order valence-electron chi connectivity index (χ2n) is 5.78. The molecule has 5 nitrogen and oxygen atoms in total. The minimum atomic E-state index is -0.333. The van der Waals surface area contributed by atoms with Gasteiger partial charge >= 0.3 is 6.09 Å². The minimum Gasteiger partial charge on any atom is -0.492 e. The van der Waals surface area contributed by atoms with E-state index in [1.165, 1.54) is 0 Å². The molecule has 2 aromatic rings. The molecule has 0 N–H and O–H groups in total. The Kier molecular flexibility index (Phi) is 4.34. The zero-order valence-electron chi connectivity index (χ0n) is 14.3. The minimum absolute atomic E-state index is 0.217. The average molecular weight is 327 g/mol. The molecule has 0 saturated carbocycles. The fourth-order valence-corrected chi connectivity index (χ4v) is 3.27. The third kappa shape index (κ3) is 2.56. The molecule has 2 unspecified atom stereocenters. The lowest BCUT2D eigenvalue weighted by molar-refractivity contribution is 0.138. The highest BCUT2D eigenvalue weighted by molar-refractivity contribution is 5.77. The predicted octanol–water partition coefficient (Wildman–Crippen LogP) is 3.88. The van der Waals surface area contributed by atoms with E-state index in [9.17, 15) is 4.79 Å². The topological polar surface area (TPSA) is 48.0 Å². The van der Waals surface area contributed by atoms with Crippen molar-refractivity contribution in [1.82, 2.24) is 4.90 Å². The van der Waals surface area contributed by atoms with E-state index in [1.54, 1.807) is 26.2 Å². The van der Waals surface area contributed by atoms with E-state index in [0.29, 0.717) is 11.5 Å². The quantitative estimate of drug-likeness (QED) is 0.855. The van der Waals surface area contributed by atoms with Gasteiger partial charge in [-0.3, -0.25) is 0 Å². The van der Waals surface area contributed by atoms with Crippen LogP contribution >= 0.6 is 0 Å². The Balaban J connectivity index is 2.15. The van der Waals surface area contributed by atoms with Gasteiger partial charge in [0.2, 0.25) is 0 Å². The van der Waals surface area contributed by atoms with E-state index in [2.05, 4.69) is 0 Å². The number of likely N-dealkylation sites (N-methyl/N-ethyl adjacent to an activating group) is 1. The van der Waals surface area contributed by atoms with Gasteiger partial charge in [-0.1, -0.05) is 42.5 Å². The standard InChI is InChI=1S/C19H21NO4/c1-12-16(20(2)19(21)24-12)15-11-10-14(13-8-6-5-7-9-13)17(22-3)18(15)23-4/h5-12,16H,1-4H3. The normalized spacial score (nSPS) is 20.0. The molecule has 1 amide bonds. The predicted molar refractivity (Wildman–Crippen MR) is 91.4 cm³/mol. The van der Waals surface area contributed by atoms with Crippen LogP contribution < -0.4 is 9.47 Å². The Hall–Kier alpha value is -2.69. The van der Waals surface area contributed by atoms with Gasteiger partial charge < -0.3 is 19.1 Å². The lowest BCUT2D eigenvalue weighted by Gasteiger charge is -2.24. The largest absolute Gasteiger partial charge is 0.492 e. The van der Waals surface area contributed by atoms with E-state index < -0.39 is 0 Å². The molecule has 0 aromatic heterocycles. The first kappa shape index (κ1) is 16.2. The lowest BCUT2D eigenvalue weighted by Crippen LogP contribution is -2.25. The van der Waals surface area contributed by atoms with Crippen molar-refractivity contribution in [3.05, 3.63) is 48.0 Å². The average Bonchev–Trinajstić information content (AvgIpc) is 2.86. The number of amides is 1. The number of benzene rings is 2. The van der Waals surface area contributed by atoms with Crippen molar-refractivity contribution in [3.8, 4) is 22.6 Å². The van der Waals surface area contributed by atoms with Crippen molar-refractivity contribution in [2.45, 2.75) is 19.1 Å². The molecule has 3 rings (SSSR count). The summed E-state index contributed by atoms with van der Waals surface area (Å²) >= 11 is 0. The van der Waals surface area contributed by atoms with Gasteiger partial charge in [-0.15, -0.1) is 0 Å². The summed E-state index contributed by atoms with van der Waals surface area (Å²) in [7, 11) is 4.96. The molecule has 0 bridgehead atoms. The summed E-state index contributed by atoms with van der Waals surface area (Å²) < 4.78 is 16.6. The van der Waals surface area contributed by atoms with Crippen LogP contribution in [0.1, 0.15) is 18.5 Å². The Morgan fingerprint density at radius 1 is 1.00 bits per heavy atom.